The average molecular weight is 467 g/mol. The van der Waals surface area contributed by atoms with Crippen molar-refractivity contribution in [3.05, 3.63) is 48.3 Å². The van der Waals surface area contributed by atoms with E-state index in [4.69, 9.17) is 4.74 Å². The van der Waals surface area contributed by atoms with Gasteiger partial charge >= 0.3 is 6.03 Å². The smallest absolute Gasteiger partial charge is 0.318 e. The maximum atomic E-state index is 13.0. The first-order valence-electron chi connectivity index (χ1n) is 12.5. The van der Waals surface area contributed by atoms with Gasteiger partial charge in [0, 0.05) is 38.3 Å². The number of likely N-dealkylation sites (tertiary alicyclic amines) is 1. The van der Waals surface area contributed by atoms with Crippen molar-refractivity contribution in [2.75, 3.05) is 44.7 Å². The zero-order valence-corrected chi connectivity index (χ0v) is 20.7. The van der Waals surface area contributed by atoms with Gasteiger partial charge in [0.1, 0.15) is 5.82 Å². The van der Waals surface area contributed by atoms with Crippen LogP contribution in [-0.4, -0.2) is 77.7 Å². The Morgan fingerprint density at radius 3 is 2.38 bits per heavy atom. The largest absolute Gasteiger partial charge is 0.480 e. The minimum atomic E-state index is 0.0435. The third kappa shape index (κ3) is 6.17. The Bertz CT molecular complexity index is 889. The molecule has 0 aliphatic carbocycles. The highest BCUT2D eigenvalue weighted by atomic mass is 16.5. The fourth-order valence-electron chi connectivity index (χ4n) is 5.24. The highest BCUT2D eigenvalue weighted by molar-refractivity contribution is 5.75. The Morgan fingerprint density at radius 2 is 1.76 bits per heavy atom. The number of hydrogen-bond acceptors (Lipinski definition) is 6. The number of hydrogen-bond donors (Lipinski definition) is 1. The first-order valence-corrected chi connectivity index (χ1v) is 12.5. The lowest BCUT2D eigenvalue weighted by atomic mass is 9.93. The molecule has 0 saturated carbocycles. The van der Waals surface area contributed by atoms with E-state index < -0.39 is 0 Å². The van der Waals surface area contributed by atoms with Gasteiger partial charge in [-0.2, -0.15) is 0 Å². The summed E-state index contributed by atoms with van der Waals surface area (Å²) in [4.78, 5) is 28.4. The number of piperidine rings is 1. The number of nitrogens with one attached hydrogen (secondary N) is 1. The molecular formula is C26H38N6O2. The number of methoxy groups -OCH3 is 1. The summed E-state index contributed by atoms with van der Waals surface area (Å²) >= 11 is 0. The van der Waals surface area contributed by atoms with Crippen LogP contribution in [0.1, 0.15) is 38.7 Å². The molecule has 2 aromatic rings. The van der Waals surface area contributed by atoms with Crippen molar-refractivity contribution in [2.24, 2.45) is 5.92 Å². The second kappa shape index (κ2) is 11.5. The van der Waals surface area contributed by atoms with Crippen LogP contribution in [0.5, 0.6) is 5.88 Å². The Labute approximate surface area is 203 Å². The summed E-state index contributed by atoms with van der Waals surface area (Å²) in [5.74, 6) is 2.01. The summed E-state index contributed by atoms with van der Waals surface area (Å²) in [5, 5.41) is 3.19. The van der Waals surface area contributed by atoms with Crippen LogP contribution in [-0.2, 0) is 6.54 Å². The molecule has 8 nitrogen and oxygen atoms in total. The lowest BCUT2D eigenvalue weighted by molar-refractivity contribution is 0.139. The van der Waals surface area contributed by atoms with Crippen LogP contribution in [0.2, 0.25) is 0 Å². The molecule has 4 rings (SSSR count). The number of benzene rings is 1. The van der Waals surface area contributed by atoms with Gasteiger partial charge in [0.15, 0.2) is 0 Å². The molecular weight excluding hydrogens is 428 g/mol. The van der Waals surface area contributed by atoms with Gasteiger partial charge in [-0.3, -0.25) is 4.90 Å². The molecule has 0 radical (unpaired) electrons. The van der Waals surface area contributed by atoms with Gasteiger partial charge in [-0.05, 0) is 57.7 Å². The van der Waals surface area contributed by atoms with Crippen molar-refractivity contribution in [1.82, 2.24) is 25.1 Å². The summed E-state index contributed by atoms with van der Waals surface area (Å²) in [5.41, 5.74) is 1.38. The van der Waals surface area contributed by atoms with Gasteiger partial charge in [-0.15, -0.1) is 0 Å². The minimum absolute atomic E-state index is 0.0435. The first-order chi connectivity index (χ1) is 16.5. The number of aromatic nitrogens is 2. The van der Waals surface area contributed by atoms with E-state index in [1.165, 1.54) is 18.4 Å². The van der Waals surface area contributed by atoms with E-state index in [1.54, 1.807) is 19.5 Å². The second-order valence-electron chi connectivity index (χ2n) is 9.65. The molecule has 184 valence electrons. The minimum Gasteiger partial charge on any atom is -0.480 e. The van der Waals surface area contributed by atoms with Crippen molar-refractivity contribution < 1.29 is 9.53 Å². The van der Waals surface area contributed by atoms with Gasteiger partial charge in [-0.1, -0.05) is 30.3 Å². The predicted octanol–water partition coefficient (Wildman–Crippen LogP) is 3.40. The first kappa shape index (κ1) is 24.3. The molecule has 2 aliphatic rings. The van der Waals surface area contributed by atoms with Crippen LogP contribution in [0.25, 0.3) is 0 Å². The Hall–Kier alpha value is -2.87. The molecule has 2 atom stereocenters. The van der Waals surface area contributed by atoms with E-state index in [2.05, 4.69) is 69.3 Å². The number of ether oxygens (including phenoxy) is 1. The summed E-state index contributed by atoms with van der Waals surface area (Å²) in [6, 6.07) is 10.9. The van der Waals surface area contributed by atoms with Gasteiger partial charge in [0.25, 0.3) is 0 Å². The fraction of sp³-hybridized carbons (Fsp3) is 0.577. The standard InChI is InChI=1S/C26H38N6O2/c1-20-17-31(24-15-29-25(34-3)16-28-24)18-21(2)32(20)26(33)27-12-9-22-10-13-30(14-11-22)19-23-7-5-4-6-8-23/h4-8,15-16,20-22H,9-14,17-19H2,1-3H3,(H,27,33)/t20-,21-/m1/s1. The Morgan fingerprint density at radius 1 is 1.06 bits per heavy atom. The molecule has 2 saturated heterocycles. The van der Waals surface area contributed by atoms with Crippen LogP contribution in [0.3, 0.4) is 0 Å². The van der Waals surface area contributed by atoms with Crippen molar-refractivity contribution >= 4 is 11.8 Å². The number of nitrogens with zero attached hydrogens (tertiary/aromatic N) is 5. The van der Waals surface area contributed by atoms with E-state index in [0.717, 1.165) is 51.5 Å². The summed E-state index contributed by atoms with van der Waals surface area (Å²) < 4.78 is 5.10. The second-order valence-corrected chi connectivity index (χ2v) is 9.65. The molecule has 2 aliphatic heterocycles. The van der Waals surface area contributed by atoms with E-state index >= 15 is 0 Å². The van der Waals surface area contributed by atoms with Crippen molar-refractivity contribution in [3.8, 4) is 5.88 Å². The normalized spacial score (nSPS) is 22.0. The lowest BCUT2D eigenvalue weighted by Crippen LogP contribution is -2.61. The molecule has 0 spiro atoms. The van der Waals surface area contributed by atoms with Crippen molar-refractivity contribution in [1.29, 1.82) is 0 Å². The number of urea groups is 1. The lowest BCUT2D eigenvalue weighted by Gasteiger charge is -2.44. The third-order valence-corrected chi connectivity index (χ3v) is 7.09. The van der Waals surface area contributed by atoms with Gasteiger partial charge in [0.2, 0.25) is 5.88 Å². The number of anilines is 1. The number of carbonyl (C=O) groups is 1. The van der Waals surface area contributed by atoms with Crippen molar-refractivity contribution in [2.45, 2.75) is 51.7 Å². The maximum Gasteiger partial charge on any atom is 0.318 e. The van der Waals surface area contributed by atoms with Crippen LogP contribution in [0, 0.1) is 5.92 Å². The topological polar surface area (TPSA) is 73.8 Å². The summed E-state index contributed by atoms with van der Waals surface area (Å²) in [6.07, 6.45) is 6.83. The number of piperazine rings is 1. The van der Waals surface area contributed by atoms with Crippen LogP contribution in [0.4, 0.5) is 10.6 Å². The van der Waals surface area contributed by atoms with Gasteiger partial charge in [-0.25, -0.2) is 14.8 Å². The highest BCUT2D eigenvalue weighted by Crippen LogP contribution is 2.23. The van der Waals surface area contributed by atoms with Gasteiger partial charge in [0.05, 0.1) is 19.5 Å². The number of carbonyl (C=O) groups excluding carboxylic acids is 1. The highest BCUT2D eigenvalue weighted by Gasteiger charge is 2.33. The number of amides is 2. The molecule has 2 fully saturated rings. The van der Waals surface area contributed by atoms with Crippen LogP contribution >= 0.6 is 0 Å². The van der Waals surface area contributed by atoms with Crippen molar-refractivity contribution in [3.63, 3.8) is 0 Å². The monoisotopic (exact) mass is 466 g/mol. The molecule has 3 heterocycles. The predicted molar refractivity (Wildman–Crippen MR) is 134 cm³/mol. The Balaban J connectivity index is 1.18. The molecule has 1 N–H and O–H groups in total. The van der Waals surface area contributed by atoms with E-state index in [-0.39, 0.29) is 18.1 Å². The quantitative estimate of drug-likeness (QED) is 0.674. The van der Waals surface area contributed by atoms with Crippen LogP contribution in [0.15, 0.2) is 42.7 Å². The SMILES string of the molecule is COc1cnc(N2C[C@@H](C)N(C(=O)NCCC3CCN(Cc4ccccc4)CC3)[C@H](C)C2)cn1. The zero-order chi connectivity index (χ0) is 23.9. The molecule has 1 aromatic carbocycles. The Kier molecular flexibility index (Phi) is 8.21. The molecule has 2 amide bonds. The fourth-order valence-corrected chi connectivity index (χ4v) is 5.24. The molecule has 8 heteroatoms. The molecule has 1 aromatic heterocycles. The average Bonchev–Trinajstić information content (AvgIpc) is 2.85. The summed E-state index contributed by atoms with van der Waals surface area (Å²) in [6.45, 7) is 9.72. The van der Waals surface area contributed by atoms with E-state index in [1.807, 2.05) is 4.90 Å². The molecule has 34 heavy (non-hydrogen) atoms. The van der Waals surface area contributed by atoms with Gasteiger partial charge < -0.3 is 19.9 Å². The summed E-state index contributed by atoms with van der Waals surface area (Å²) in [7, 11) is 1.58. The molecule has 0 unspecified atom stereocenters. The van der Waals surface area contributed by atoms with E-state index in [0.29, 0.717) is 11.8 Å². The number of rotatable bonds is 7. The third-order valence-electron chi connectivity index (χ3n) is 7.09. The van der Waals surface area contributed by atoms with Crippen LogP contribution < -0.4 is 15.0 Å². The van der Waals surface area contributed by atoms with E-state index in [9.17, 15) is 4.79 Å². The molecule has 0 bridgehead atoms. The maximum absolute atomic E-state index is 13.0. The zero-order valence-electron chi connectivity index (χ0n) is 20.7.